The molecular weight excluding hydrogens is 242 g/mol. The molecule has 1 heterocycles. The van der Waals surface area contributed by atoms with Crippen LogP contribution < -0.4 is 0 Å². The molecule has 2 atom stereocenters. The highest BCUT2D eigenvalue weighted by molar-refractivity contribution is 5.79. The highest BCUT2D eigenvalue weighted by Gasteiger charge is 2.37. The van der Waals surface area contributed by atoms with Crippen LogP contribution in [0.25, 0.3) is 0 Å². The minimum absolute atomic E-state index is 0.142. The van der Waals surface area contributed by atoms with Crippen LogP contribution in [0.5, 0.6) is 0 Å². The Morgan fingerprint density at radius 1 is 1.21 bits per heavy atom. The number of likely N-dealkylation sites (tertiary alicyclic amines) is 1. The molecule has 0 aromatic carbocycles. The molecule has 0 aromatic rings. The fourth-order valence-corrected chi connectivity index (χ4v) is 3.61. The predicted octanol–water partition coefficient (Wildman–Crippen LogP) is 2.67. The number of carboxylic acid groups (broad SMARTS) is 1. The highest BCUT2D eigenvalue weighted by atomic mass is 16.4. The Morgan fingerprint density at radius 2 is 1.89 bits per heavy atom. The molecule has 108 valence electrons. The van der Waals surface area contributed by atoms with Crippen molar-refractivity contribution in [3.63, 3.8) is 0 Å². The summed E-state index contributed by atoms with van der Waals surface area (Å²) in [6, 6.07) is -0.142. The van der Waals surface area contributed by atoms with Gasteiger partial charge in [0.25, 0.3) is 0 Å². The average molecular weight is 267 g/mol. The summed E-state index contributed by atoms with van der Waals surface area (Å²) in [4.78, 5) is 24.9. The largest absolute Gasteiger partial charge is 0.481 e. The van der Waals surface area contributed by atoms with Crippen LogP contribution in [-0.4, -0.2) is 34.5 Å². The Morgan fingerprint density at radius 3 is 2.47 bits per heavy atom. The van der Waals surface area contributed by atoms with Gasteiger partial charge in [-0.05, 0) is 32.1 Å². The van der Waals surface area contributed by atoms with Crippen LogP contribution in [0.1, 0.15) is 58.3 Å². The van der Waals surface area contributed by atoms with E-state index < -0.39 is 5.97 Å². The summed E-state index contributed by atoms with van der Waals surface area (Å²) in [5.74, 6) is -0.169. The van der Waals surface area contributed by atoms with Crippen LogP contribution in [0.3, 0.4) is 0 Å². The van der Waals surface area contributed by atoms with E-state index in [1.54, 1.807) is 4.90 Å². The quantitative estimate of drug-likeness (QED) is 0.833. The molecule has 1 saturated carbocycles. The molecule has 0 aromatic heterocycles. The fourth-order valence-electron chi connectivity index (χ4n) is 3.61. The SMILES string of the molecule is CC1C(C(=O)O)CCN1C(=O)CCCC1CCCC1. The fraction of sp³-hybridized carbons (Fsp3) is 0.867. The average Bonchev–Trinajstić information content (AvgIpc) is 2.98. The number of carbonyl (C=O) groups is 2. The molecule has 1 amide bonds. The molecule has 2 aliphatic rings. The van der Waals surface area contributed by atoms with Gasteiger partial charge in [-0.25, -0.2) is 0 Å². The molecule has 2 fully saturated rings. The van der Waals surface area contributed by atoms with E-state index in [2.05, 4.69) is 0 Å². The second-order valence-electron chi connectivity index (χ2n) is 6.10. The van der Waals surface area contributed by atoms with Crippen molar-refractivity contribution in [2.45, 2.75) is 64.3 Å². The number of hydrogen-bond donors (Lipinski definition) is 1. The predicted molar refractivity (Wildman–Crippen MR) is 72.7 cm³/mol. The van der Waals surface area contributed by atoms with Gasteiger partial charge in [0.2, 0.25) is 5.91 Å². The van der Waals surface area contributed by atoms with E-state index in [0.29, 0.717) is 19.4 Å². The van der Waals surface area contributed by atoms with Crippen LogP contribution in [0.2, 0.25) is 0 Å². The highest BCUT2D eigenvalue weighted by Crippen LogP contribution is 2.30. The number of nitrogens with zero attached hydrogens (tertiary/aromatic N) is 1. The number of carboxylic acids is 1. The maximum absolute atomic E-state index is 12.1. The zero-order valence-electron chi connectivity index (χ0n) is 11.8. The van der Waals surface area contributed by atoms with Gasteiger partial charge in [-0.1, -0.05) is 25.7 Å². The number of aliphatic carboxylic acids is 1. The third-order valence-corrected chi connectivity index (χ3v) is 4.87. The van der Waals surface area contributed by atoms with Gasteiger partial charge >= 0.3 is 5.97 Å². The van der Waals surface area contributed by atoms with Crippen LogP contribution in [0.4, 0.5) is 0 Å². The van der Waals surface area contributed by atoms with Crippen LogP contribution in [0.15, 0.2) is 0 Å². The maximum atomic E-state index is 12.1. The maximum Gasteiger partial charge on any atom is 0.308 e. The molecule has 0 bridgehead atoms. The van der Waals surface area contributed by atoms with Crippen LogP contribution in [0, 0.1) is 11.8 Å². The molecule has 2 unspecified atom stereocenters. The van der Waals surface area contributed by atoms with Crippen molar-refractivity contribution in [1.82, 2.24) is 4.90 Å². The first-order valence-electron chi connectivity index (χ1n) is 7.62. The van der Waals surface area contributed by atoms with E-state index >= 15 is 0 Å². The number of rotatable bonds is 5. The Labute approximate surface area is 115 Å². The zero-order valence-corrected chi connectivity index (χ0v) is 11.8. The molecule has 19 heavy (non-hydrogen) atoms. The molecule has 1 aliphatic carbocycles. The van der Waals surface area contributed by atoms with E-state index in [9.17, 15) is 9.59 Å². The lowest BCUT2D eigenvalue weighted by Gasteiger charge is -2.23. The van der Waals surface area contributed by atoms with Gasteiger partial charge in [0.15, 0.2) is 0 Å². The Hall–Kier alpha value is -1.06. The smallest absolute Gasteiger partial charge is 0.308 e. The third kappa shape index (κ3) is 3.48. The molecule has 0 spiro atoms. The van der Waals surface area contributed by atoms with Crippen molar-refractivity contribution in [2.75, 3.05) is 6.54 Å². The first kappa shape index (κ1) is 14.4. The van der Waals surface area contributed by atoms with E-state index in [1.165, 1.54) is 25.7 Å². The molecule has 0 radical (unpaired) electrons. The van der Waals surface area contributed by atoms with Crippen molar-refractivity contribution in [1.29, 1.82) is 0 Å². The summed E-state index contributed by atoms with van der Waals surface area (Å²) in [5, 5.41) is 9.06. The van der Waals surface area contributed by atoms with Crippen molar-refractivity contribution in [2.24, 2.45) is 11.8 Å². The monoisotopic (exact) mass is 267 g/mol. The summed E-state index contributed by atoms with van der Waals surface area (Å²) in [6.45, 7) is 2.47. The van der Waals surface area contributed by atoms with Crippen LogP contribution >= 0.6 is 0 Å². The lowest BCUT2D eigenvalue weighted by Crippen LogP contribution is -2.37. The molecule has 4 heteroatoms. The summed E-state index contributed by atoms with van der Waals surface area (Å²) < 4.78 is 0. The first-order chi connectivity index (χ1) is 9.09. The van der Waals surface area contributed by atoms with Gasteiger partial charge in [0, 0.05) is 19.0 Å². The van der Waals surface area contributed by atoms with E-state index in [4.69, 9.17) is 5.11 Å². The number of carbonyl (C=O) groups excluding carboxylic acids is 1. The second-order valence-corrected chi connectivity index (χ2v) is 6.10. The van der Waals surface area contributed by atoms with Crippen LogP contribution in [-0.2, 0) is 9.59 Å². The van der Waals surface area contributed by atoms with E-state index in [1.807, 2.05) is 6.92 Å². The summed E-state index contributed by atoms with van der Waals surface area (Å²) in [7, 11) is 0. The summed E-state index contributed by atoms with van der Waals surface area (Å²) in [6.07, 6.45) is 8.67. The molecule has 1 aliphatic heterocycles. The normalized spacial score (nSPS) is 27.9. The minimum atomic E-state index is -0.770. The van der Waals surface area contributed by atoms with Crippen molar-refractivity contribution in [3.05, 3.63) is 0 Å². The molecule has 4 nitrogen and oxygen atoms in total. The lowest BCUT2D eigenvalue weighted by atomic mass is 10.00. The standard InChI is InChI=1S/C15H25NO3/c1-11-13(15(18)19)9-10-16(11)14(17)8-4-7-12-5-2-3-6-12/h11-13H,2-10H2,1H3,(H,18,19). The first-order valence-corrected chi connectivity index (χ1v) is 7.62. The third-order valence-electron chi connectivity index (χ3n) is 4.87. The number of amides is 1. The van der Waals surface area contributed by atoms with Gasteiger partial charge in [-0.15, -0.1) is 0 Å². The molecule has 2 rings (SSSR count). The Kier molecular flexibility index (Phi) is 4.83. The molecule has 1 N–H and O–H groups in total. The summed E-state index contributed by atoms with van der Waals surface area (Å²) in [5.41, 5.74) is 0. The van der Waals surface area contributed by atoms with E-state index in [-0.39, 0.29) is 17.9 Å². The van der Waals surface area contributed by atoms with E-state index in [0.717, 1.165) is 18.8 Å². The lowest BCUT2D eigenvalue weighted by molar-refractivity contribution is -0.143. The van der Waals surface area contributed by atoms with Crippen molar-refractivity contribution in [3.8, 4) is 0 Å². The second kappa shape index (κ2) is 6.40. The van der Waals surface area contributed by atoms with Gasteiger partial charge in [-0.3, -0.25) is 9.59 Å². The van der Waals surface area contributed by atoms with Gasteiger partial charge in [0.05, 0.1) is 5.92 Å². The topological polar surface area (TPSA) is 57.6 Å². The Bertz CT molecular complexity index is 336. The molecule has 1 saturated heterocycles. The minimum Gasteiger partial charge on any atom is -0.481 e. The van der Waals surface area contributed by atoms with Gasteiger partial charge in [0.1, 0.15) is 0 Å². The number of hydrogen-bond acceptors (Lipinski definition) is 2. The zero-order chi connectivity index (χ0) is 13.8. The van der Waals surface area contributed by atoms with Gasteiger partial charge in [-0.2, -0.15) is 0 Å². The van der Waals surface area contributed by atoms with Crippen molar-refractivity contribution < 1.29 is 14.7 Å². The Balaban J connectivity index is 1.72. The molecular formula is C15H25NO3. The van der Waals surface area contributed by atoms with Crippen molar-refractivity contribution >= 4 is 11.9 Å². The van der Waals surface area contributed by atoms with Gasteiger partial charge < -0.3 is 10.0 Å². The summed E-state index contributed by atoms with van der Waals surface area (Å²) >= 11 is 0.